The van der Waals surface area contributed by atoms with Crippen LogP contribution in [0.2, 0.25) is 4.34 Å². The summed E-state index contributed by atoms with van der Waals surface area (Å²) in [7, 11) is 1.81. The van der Waals surface area contributed by atoms with Crippen molar-refractivity contribution in [3.63, 3.8) is 0 Å². The van der Waals surface area contributed by atoms with Gasteiger partial charge in [0.25, 0.3) is 11.5 Å². The number of carbonyl (C=O) groups excluding carboxylic acids is 2. The molecule has 1 saturated heterocycles. The number of anilines is 1. The van der Waals surface area contributed by atoms with Crippen LogP contribution in [0.5, 0.6) is 0 Å². The van der Waals surface area contributed by atoms with Gasteiger partial charge in [0, 0.05) is 24.8 Å². The molecule has 1 fully saturated rings. The summed E-state index contributed by atoms with van der Waals surface area (Å²) < 4.78 is 1.96. The van der Waals surface area contributed by atoms with E-state index in [4.69, 9.17) is 11.6 Å². The first-order valence-electron chi connectivity index (χ1n) is 10.1. The molecule has 33 heavy (non-hydrogen) atoms. The van der Waals surface area contributed by atoms with Crippen molar-refractivity contribution < 1.29 is 9.59 Å². The maximum absolute atomic E-state index is 13.0. The Morgan fingerprint density at radius 3 is 2.73 bits per heavy atom. The van der Waals surface area contributed by atoms with Crippen LogP contribution in [-0.2, 0) is 4.79 Å². The highest BCUT2D eigenvalue weighted by Gasteiger charge is 2.35. The standard InChI is InChI=1S/C23H20ClN5O3S/c1-28-13-15(26-23(32)19-7-8-20(24)33-19)11-18(28)22(31)27-17-6-5-16(10-14(17)12-25)29-9-3-2-4-21(29)30/h2-10,15,18H,11,13H2,1H3,(H,26,32)(H,27,31)/t15?,18-/m0/s1. The number of hydrogen-bond acceptors (Lipinski definition) is 6. The van der Waals surface area contributed by atoms with E-state index in [2.05, 4.69) is 16.7 Å². The van der Waals surface area contributed by atoms with Gasteiger partial charge < -0.3 is 10.6 Å². The van der Waals surface area contributed by atoms with E-state index in [0.717, 1.165) is 0 Å². The van der Waals surface area contributed by atoms with Gasteiger partial charge in [0.2, 0.25) is 5.91 Å². The average Bonchev–Trinajstić information content (AvgIpc) is 3.39. The molecule has 0 saturated carbocycles. The number of hydrogen-bond donors (Lipinski definition) is 2. The van der Waals surface area contributed by atoms with E-state index in [9.17, 15) is 19.6 Å². The van der Waals surface area contributed by atoms with Crippen LogP contribution < -0.4 is 16.2 Å². The molecule has 1 unspecified atom stereocenters. The highest BCUT2D eigenvalue weighted by molar-refractivity contribution is 7.18. The predicted molar refractivity (Wildman–Crippen MR) is 127 cm³/mol. The van der Waals surface area contributed by atoms with E-state index in [1.165, 1.54) is 22.0 Å². The van der Waals surface area contributed by atoms with Crippen LogP contribution in [0.1, 0.15) is 21.7 Å². The molecule has 8 nitrogen and oxygen atoms in total. The Hall–Kier alpha value is -3.45. The van der Waals surface area contributed by atoms with Gasteiger partial charge in [-0.3, -0.25) is 23.9 Å². The maximum atomic E-state index is 13.0. The number of likely N-dealkylation sites (N-methyl/N-ethyl adjacent to an activating group) is 1. The molecular weight excluding hydrogens is 462 g/mol. The van der Waals surface area contributed by atoms with Crippen LogP contribution in [0.4, 0.5) is 5.69 Å². The minimum atomic E-state index is -0.467. The minimum Gasteiger partial charge on any atom is -0.347 e. The van der Waals surface area contributed by atoms with Crippen molar-refractivity contribution in [1.82, 2.24) is 14.8 Å². The summed E-state index contributed by atoms with van der Waals surface area (Å²) in [6.07, 6.45) is 2.05. The van der Waals surface area contributed by atoms with Gasteiger partial charge in [0.1, 0.15) is 6.07 Å². The second-order valence-corrected chi connectivity index (χ2v) is 9.42. The molecule has 3 heterocycles. The van der Waals surface area contributed by atoms with Gasteiger partial charge in [-0.2, -0.15) is 5.26 Å². The van der Waals surface area contributed by atoms with E-state index in [0.29, 0.717) is 33.6 Å². The molecule has 0 spiro atoms. The third kappa shape index (κ3) is 4.98. The Morgan fingerprint density at radius 1 is 1.21 bits per heavy atom. The zero-order chi connectivity index (χ0) is 23.5. The number of aromatic nitrogens is 1. The Balaban J connectivity index is 1.44. The number of rotatable bonds is 5. The summed E-state index contributed by atoms with van der Waals surface area (Å²) in [4.78, 5) is 39.8. The number of nitriles is 1. The van der Waals surface area contributed by atoms with Crippen LogP contribution in [0.25, 0.3) is 5.69 Å². The van der Waals surface area contributed by atoms with E-state index in [1.807, 2.05) is 11.9 Å². The SMILES string of the molecule is CN1CC(NC(=O)c2ccc(Cl)s2)C[C@H]1C(=O)Nc1ccc(-n2ccccc2=O)cc1C#N. The minimum absolute atomic E-state index is 0.193. The predicted octanol–water partition coefficient (Wildman–Crippen LogP) is 2.87. The molecule has 10 heteroatoms. The smallest absolute Gasteiger partial charge is 0.261 e. The summed E-state index contributed by atoms with van der Waals surface area (Å²) in [5, 5.41) is 15.4. The van der Waals surface area contributed by atoms with Crippen molar-refractivity contribution in [2.75, 3.05) is 18.9 Å². The monoisotopic (exact) mass is 481 g/mol. The molecule has 2 N–H and O–H groups in total. The molecule has 0 aliphatic carbocycles. The first kappa shape index (κ1) is 22.7. The quantitative estimate of drug-likeness (QED) is 0.582. The Labute approximate surface area is 199 Å². The average molecular weight is 482 g/mol. The third-order valence-corrected chi connectivity index (χ3v) is 6.70. The molecule has 1 aromatic carbocycles. The normalized spacial score (nSPS) is 18.0. The molecule has 3 aromatic rings. The van der Waals surface area contributed by atoms with Crippen molar-refractivity contribution in [3.8, 4) is 11.8 Å². The van der Waals surface area contributed by atoms with Crippen LogP contribution in [-0.4, -0.2) is 47.0 Å². The second-order valence-electron chi connectivity index (χ2n) is 7.71. The highest BCUT2D eigenvalue weighted by Crippen LogP contribution is 2.24. The Bertz CT molecular complexity index is 1310. The van der Waals surface area contributed by atoms with Crippen LogP contribution >= 0.6 is 22.9 Å². The van der Waals surface area contributed by atoms with E-state index < -0.39 is 6.04 Å². The number of benzene rings is 1. The van der Waals surface area contributed by atoms with Crippen molar-refractivity contribution in [1.29, 1.82) is 5.26 Å². The molecule has 168 valence electrons. The lowest BCUT2D eigenvalue weighted by atomic mass is 10.1. The van der Waals surface area contributed by atoms with Crippen LogP contribution in [0.3, 0.4) is 0 Å². The van der Waals surface area contributed by atoms with Crippen molar-refractivity contribution in [2.45, 2.75) is 18.5 Å². The molecule has 2 atom stereocenters. The van der Waals surface area contributed by atoms with Gasteiger partial charge in [-0.1, -0.05) is 17.7 Å². The van der Waals surface area contributed by atoms with Gasteiger partial charge >= 0.3 is 0 Å². The number of thiophene rings is 1. The number of pyridine rings is 1. The maximum Gasteiger partial charge on any atom is 0.261 e. The molecule has 2 aromatic heterocycles. The first-order valence-corrected chi connectivity index (χ1v) is 11.3. The van der Waals surface area contributed by atoms with Crippen LogP contribution in [0, 0.1) is 11.3 Å². The molecule has 4 rings (SSSR count). The zero-order valence-electron chi connectivity index (χ0n) is 17.6. The number of carbonyl (C=O) groups is 2. The summed E-state index contributed by atoms with van der Waals surface area (Å²) in [6, 6.07) is 14.4. The summed E-state index contributed by atoms with van der Waals surface area (Å²) in [5.74, 6) is -0.487. The van der Waals surface area contributed by atoms with Crippen molar-refractivity contribution in [3.05, 3.63) is 79.9 Å². The lowest BCUT2D eigenvalue weighted by Crippen LogP contribution is -2.37. The molecule has 1 aliphatic rings. The zero-order valence-corrected chi connectivity index (χ0v) is 19.2. The number of amides is 2. The lowest BCUT2D eigenvalue weighted by molar-refractivity contribution is -0.119. The first-order chi connectivity index (χ1) is 15.9. The number of likely N-dealkylation sites (tertiary alicyclic amines) is 1. The number of nitrogens with one attached hydrogen (secondary N) is 2. The highest BCUT2D eigenvalue weighted by atomic mass is 35.5. The molecule has 0 bridgehead atoms. The molecule has 0 radical (unpaired) electrons. The largest absolute Gasteiger partial charge is 0.347 e. The van der Waals surface area contributed by atoms with Gasteiger partial charge in [0.05, 0.1) is 32.2 Å². The van der Waals surface area contributed by atoms with Gasteiger partial charge in [-0.15, -0.1) is 11.3 Å². The Morgan fingerprint density at radius 2 is 2.03 bits per heavy atom. The van der Waals surface area contributed by atoms with Crippen molar-refractivity contribution >= 4 is 40.4 Å². The molecule has 1 aliphatic heterocycles. The Kier molecular flexibility index (Phi) is 6.60. The molecular formula is C23H20ClN5O3S. The second kappa shape index (κ2) is 9.58. The van der Waals surface area contributed by atoms with E-state index in [-0.39, 0.29) is 29.0 Å². The van der Waals surface area contributed by atoms with Gasteiger partial charge in [0.15, 0.2) is 0 Å². The fourth-order valence-electron chi connectivity index (χ4n) is 3.84. The van der Waals surface area contributed by atoms with Gasteiger partial charge in [-0.05, 0) is 49.9 Å². The summed E-state index contributed by atoms with van der Waals surface area (Å²) >= 11 is 7.10. The van der Waals surface area contributed by atoms with Crippen LogP contribution in [0.15, 0.2) is 59.5 Å². The van der Waals surface area contributed by atoms with Gasteiger partial charge in [-0.25, -0.2) is 0 Å². The van der Waals surface area contributed by atoms with E-state index >= 15 is 0 Å². The summed E-state index contributed by atoms with van der Waals surface area (Å²) in [5.41, 5.74) is 0.925. The fourth-order valence-corrected chi connectivity index (χ4v) is 4.79. The fraction of sp³-hybridized carbons (Fsp3) is 0.217. The van der Waals surface area contributed by atoms with Crippen molar-refractivity contribution in [2.24, 2.45) is 0 Å². The topological polar surface area (TPSA) is 107 Å². The van der Waals surface area contributed by atoms with E-state index in [1.54, 1.807) is 48.7 Å². The number of halogens is 1. The summed E-state index contributed by atoms with van der Waals surface area (Å²) in [6.45, 7) is 0.518. The lowest BCUT2D eigenvalue weighted by Gasteiger charge is -2.19. The third-order valence-electron chi connectivity index (χ3n) is 5.47. The number of nitrogens with zero attached hydrogens (tertiary/aromatic N) is 3. The molecule has 2 amide bonds.